The van der Waals surface area contributed by atoms with Gasteiger partial charge >= 0.3 is 0 Å². The van der Waals surface area contributed by atoms with Gasteiger partial charge in [0.25, 0.3) is 0 Å². The van der Waals surface area contributed by atoms with Crippen LogP contribution in [0.4, 0.5) is 0 Å². The zero-order valence-electron chi connectivity index (χ0n) is 13.2. The molecule has 0 saturated heterocycles. The van der Waals surface area contributed by atoms with Gasteiger partial charge in [-0.15, -0.1) is 11.6 Å². The average molecular weight is 288 g/mol. The van der Waals surface area contributed by atoms with Crippen LogP contribution in [0, 0.1) is 17.3 Å². The standard InChI is InChI=1S/C16H30ClNO/c1-12(17)10-11-18(5)15(19)13-6-8-14(9-7-13)16(2,3)4/h12-14H,6-11H2,1-5H3. The minimum Gasteiger partial charge on any atom is -0.345 e. The summed E-state index contributed by atoms with van der Waals surface area (Å²) in [7, 11) is 1.91. The lowest BCUT2D eigenvalue weighted by Gasteiger charge is -2.37. The smallest absolute Gasteiger partial charge is 0.225 e. The molecule has 0 N–H and O–H groups in total. The van der Waals surface area contributed by atoms with Gasteiger partial charge in [0.05, 0.1) is 0 Å². The fourth-order valence-corrected chi connectivity index (χ4v) is 3.10. The van der Waals surface area contributed by atoms with E-state index in [0.29, 0.717) is 11.3 Å². The molecule has 1 unspecified atom stereocenters. The Morgan fingerprint density at radius 1 is 1.26 bits per heavy atom. The second kappa shape index (κ2) is 6.97. The second-order valence-electron chi connectivity index (χ2n) is 7.24. The van der Waals surface area contributed by atoms with Gasteiger partial charge in [-0.05, 0) is 50.4 Å². The Hall–Kier alpha value is -0.240. The molecule has 1 atom stereocenters. The maximum atomic E-state index is 12.3. The molecule has 0 aromatic rings. The van der Waals surface area contributed by atoms with E-state index in [2.05, 4.69) is 20.8 Å². The lowest BCUT2D eigenvalue weighted by atomic mass is 9.69. The Morgan fingerprint density at radius 2 is 1.79 bits per heavy atom. The number of halogens is 1. The van der Waals surface area contributed by atoms with E-state index in [1.807, 2.05) is 18.9 Å². The van der Waals surface area contributed by atoms with Gasteiger partial charge in [0.15, 0.2) is 0 Å². The number of rotatable bonds is 4. The van der Waals surface area contributed by atoms with E-state index in [9.17, 15) is 4.79 Å². The maximum Gasteiger partial charge on any atom is 0.225 e. The van der Waals surface area contributed by atoms with Gasteiger partial charge in [0, 0.05) is 24.9 Å². The van der Waals surface area contributed by atoms with E-state index >= 15 is 0 Å². The van der Waals surface area contributed by atoms with Gasteiger partial charge in [-0.2, -0.15) is 0 Å². The Balaban J connectivity index is 2.40. The molecule has 1 fully saturated rings. The first-order chi connectivity index (χ1) is 8.71. The third-order valence-corrected chi connectivity index (χ3v) is 4.76. The van der Waals surface area contributed by atoms with Crippen molar-refractivity contribution in [2.24, 2.45) is 17.3 Å². The summed E-state index contributed by atoms with van der Waals surface area (Å²) in [4.78, 5) is 14.2. The van der Waals surface area contributed by atoms with E-state index in [1.165, 1.54) is 12.8 Å². The van der Waals surface area contributed by atoms with Crippen LogP contribution >= 0.6 is 11.6 Å². The molecule has 1 aliphatic rings. The predicted octanol–water partition coefficient (Wildman–Crippen LogP) is 4.31. The highest BCUT2D eigenvalue weighted by atomic mass is 35.5. The molecule has 1 amide bonds. The maximum absolute atomic E-state index is 12.3. The summed E-state index contributed by atoms with van der Waals surface area (Å²) >= 11 is 5.94. The molecular formula is C16H30ClNO. The van der Waals surface area contributed by atoms with Crippen LogP contribution in [0.5, 0.6) is 0 Å². The number of carbonyl (C=O) groups is 1. The van der Waals surface area contributed by atoms with Crippen molar-refractivity contribution in [2.45, 2.75) is 65.2 Å². The van der Waals surface area contributed by atoms with Gasteiger partial charge in [0.1, 0.15) is 0 Å². The summed E-state index contributed by atoms with van der Waals surface area (Å²) in [5.41, 5.74) is 0.383. The van der Waals surface area contributed by atoms with Gasteiger partial charge < -0.3 is 4.90 Å². The van der Waals surface area contributed by atoms with Crippen molar-refractivity contribution in [3.05, 3.63) is 0 Å². The third kappa shape index (κ3) is 5.33. The normalized spacial score (nSPS) is 26.0. The van der Waals surface area contributed by atoms with E-state index < -0.39 is 0 Å². The zero-order valence-corrected chi connectivity index (χ0v) is 14.0. The minimum absolute atomic E-state index is 0.145. The van der Waals surface area contributed by atoms with Crippen molar-refractivity contribution in [1.29, 1.82) is 0 Å². The van der Waals surface area contributed by atoms with Crippen molar-refractivity contribution < 1.29 is 4.79 Å². The SMILES string of the molecule is CC(Cl)CCN(C)C(=O)C1CCC(C(C)(C)C)CC1. The molecule has 112 valence electrons. The highest BCUT2D eigenvalue weighted by molar-refractivity contribution is 6.20. The fourth-order valence-electron chi connectivity index (χ4n) is 3.00. The first kappa shape index (κ1) is 16.8. The van der Waals surface area contributed by atoms with E-state index in [4.69, 9.17) is 11.6 Å². The summed E-state index contributed by atoms with van der Waals surface area (Å²) in [5.74, 6) is 1.34. The highest BCUT2D eigenvalue weighted by Gasteiger charge is 2.33. The average Bonchev–Trinajstić information content (AvgIpc) is 2.34. The zero-order chi connectivity index (χ0) is 14.6. The van der Waals surface area contributed by atoms with Crippen molar-refractivity contribution >= 4 is 17.5 Å². The highest BCUT2D eigenvalue weighted by Crippen LogP contribution is 2.40. The molecule has 1 saturated carbocycles. The summed E-state index contributed by atoms with van der Waals surface area (Å²) < 4.78 is 0. The number of hydrogen-bond acceptors (Lipinski definition) is 1. The first-order valence-corrected chi connectivity index (χ1v) is 8.04. The molecule has 19 heavy (non-hydrogen) atoms. The molecular weight excluding hydrogens is 258 g/mol. The molecule has 0 heterocycles. The molecule has 0 spiro atoms. The molecule has 0 radical (unpaired) electrons. The van der Waals surface area contributed by atoms with Crippen molar-refractivity contribution in [2.75, 3.05) is 13.6 Å². The molecule has 0 aliphatic heterocycles. The van der Waals surface area contributed by atoms with Crippen LogP contribution in [0.1, 0.15) is 59.8 Å². The van der Waals surface area contributed by atoms with E-state index in [-0.39, 0.29) is 11.3 Å². The Morgan fingerprint density at radius 3 is 2.21 bits per heavy atom. The van der Waals surface area contributed by atoms with Crippen LogP contribution in [0.2, 0.25) is 0 Å². The summed E-state index contributed by atoms with van der Waals surface area (Å²) in [5, 5.41) is 0.145. The van der Waals surface area contributed by atoms with Crippen LogP contribution in [-0.2, 0) is 4.79 Å². The summed E-state index contributed by atoms with van der Waals surface area (Å²) in [6, 6.07) is 0. The van der Waals surface area contributed by atoms with Crippen molar-refractivity contribution in [3.63, 3.8) is 0 Å². The molecule has 2 nitrogen and oxygen atoms in total. The quantitative estimate of drug-likeness (QED) is 0.706. The van der Waals surface area contributed by atoms with Crippen LogP contribution in [0.25, 0.3) is 0 Å². The molecule has 0 aromatic carbocycles. The van der Waals surface area contributed by atoms with Crippen LogP contribution < -0.4 is 0 Å². The molecule has 1 rings (SSSR count). The number of nitrogens with zero attached hydrogens (tertiary/aromatic N) is 1. The van der Waals surface area contributed by atoms with Gasteiger partial charge in [-0.25, -0.2) is 0 Å². The Bertz CT molecular complexity index is 288. The first-order valence-electron chi connectivity index (χ1n) is 7.61. The molecule has 1 aliphatic carbocycles. The number of alkyl halides is 1. The third-order valence-electron chi connectivity index (χ3n) is 4.54. The van der Waals surface area contributed by atoms with Crippen molar-refractivity contribution in [1.82, 2.24) is 4.90 Å². The molecule has 0 aromatic heterocycles. The summed E-state index contributed by atoms with van der Waals surface area (Å²) in [6.45, 7) is 9.70. The van der Waals surface area contributed by atoms with Gasteiger partial charge in [-0.3, -0.25) is 4.79 Å². The second-order valence-corrected chi connectivity index (χ2v) is 7.99. The number of hydrogen-bond donors (Lipinski definition) is 0. The Kier molecular flexibility index (Phi) is 6.16. The van der Waals surface area contributed by atoms with E-state index in [1.54, 1.807) is 0 Å². The van der Waals surface area contributed by atoms with Crippen LogP contribution in [0.15, 0.2) is 0 Å². The Labute approximate surface area is 123 Å². The molecule has 0 bridgehead atoms. The van der Waals surface area contributed by atoms with E-state index in [0.717, 1.165) is 31.7 Å². The molecule has 3 heteroatoms. The summed E-state index contributed by atoms with van der Waals surface area (Å²) in [6.07, 6.45) is 5.38. The minimum atomic E-state index is 0.145. The van der Waals surface area contributed by atoms with Crippen LogP contribution in [0.3, 0.4) is 0 Å². The van der Waals surface area contributed by atoms with Gasteiger partial charge in [0.2, 0.25) is 5.91 Å². The number of amides is 1. The van der Waals surface area contributed by atoms with Crippen LogP contribution in [-0.4, -0.2) is 29.8 Å². The predicted molar refractivity (Wildman–Crippen MR) is 82.5 cm³/mol. The monoisotopic (exact) mass is 287 g/mol. The largest absolute Gasteiger partial charge is 0.345 e. The lowest BCUT2D eigenvalue weighted by Crippen LogP contribution is -2.37. The lowest BCUT2D eigenvalue weighted by molar-refractivity contribution is -0.135. The van der Waals surface area contributed by atoms with Gasteiger partial charge in [-0.1, -0.05) is 20.8 Å². The number of carbonyl (C=O) groups excluding carboxylic acids is 1. The topological polar surface area (TPSA) is 20.3 Å². The fraction of sp³-hybridized carbons (Fsp3) is 0.938. The van der Waals surface area contributed by atoms with Crippen molar-refractivity contribution in [3.8, 4) is 0 Å².